The summed E-state index contributed by atoms with van der Waals surface area (Å²) in [6, 6.07) is 4.89. The van der Waals surface area contributed by atoms with Crippen LogP contribution in [0.3, 0.4) is 0 Å². The summed E-state index contributed by atoms with van der Waals surface area (Å²) in [5, 5.41) is 11.7. The molecular formula is C17H19ClFN3S. The number of benzene rings is 1. The summed E-state index contributed by atoms with van der Waals surface area (Å²) in [5.74, 6) is 0.981. The lowest BCUT2D eigenvalue weighted by atomic mass is 9.97. The molecule has 3 nitrogen and oxygen atoms in total. The number of aromatic nitrogens is 2. The molecule has 2 aromatic rings. The molecule has 1 aromatic heterocycles. The van der Waals surface area contributed by atoms with Crippen molar-refractivity contribution < 1.29 is 4.39 Å². The first-order valence-electron chi connectivity index (χ1n) is 8.19. The normalized spacial score (nSPS) is 20.1. The van der Waals surface area contributed by atoms with E-state index >= 15 is 0 Å². The molecule has 2 heterocycles. The van der Waals surface area contributed by atoms with Gasteiger partial charge < -0.3 is 0 Å². The van der Waals surface area contributed by atoms with Gasteiger partial charge in [-0.2, -0.15) is 0 Å². The molecule has 1 aromatic carbocycles. The third kappa shape index (κ3) is 3.42. The van der Waals surface area contributed by atoms with Crippen LogP contribution in [0.4, 0.5) is 4.39 Å². The molecule has 0 atom stereocenters. The fourth-order valence-corrected chi connectivity index (χ4v) is 4.56. The van der Waals surface area contributed by atoms with Gasteiger partial charge in [-0.25, -0.2) is 4.39 Å². The Morgan fingerprint density at radius 2 is 1.74 bits per heavy atom. The van der Waals surface area contributed by atoms with Gasteiger partial charge in [-0.1, -0.05) is 17.7 Å². The van der Waals surface area contributed by atoms with Crippen LogP contribution < -0.4 is 0 Å². The minimum atomic E-state index is -0.210. The van der Waals surface area contributed by atoms with Crippen LogP contribution in [0.15, 0.2) is 18.2 Å². The van der Waals surface area contributed by atoms with Gasteiger partial charge in [0.15, 0.2) is 0 Å². The Morgan fingerprint density at radius 3 is 2.35 bits per heavy atom. The fraction of sp³-hybridized carbons (Fsp3) is 0.529. The van der Waals surface area contributed by atoms with E-state index in [-0.39, 0.29) is 5.82 Å². The molecule has 23 heavy (non-hydrogen) atoms. The molecule has 1 aliphatic heterocycles. The maximum atomic E-state index is 13.9. The number of halogens is 2. The van der Waals surface area contributed by atoms with Crippen molar-refractivity contribution in [1.29, 1.82) is 0 Å². The summed E-state index contributed by atoms with van der Waals surface area (Å²) in [6.07, 6.45) is 4.67. The van der Waals surface area contributed by atoms with Crippen molar-refractivity contribution in [2.24, 2.45) is 0 Å². The topological polar surface area (TPSA) is 29.0 Å². The second-order valence-corrected chi connectivity index (χ2v) is 7.95. The van der Waals surface area contributed by atoms with E-state index in [1.165, 1.54) is 28.9 Å². The van der Waals surface area contributed by atoms with Crippen molar-refractivity contribution >= 4 is 22.9 Å². The van der Waals surface area contributed by atoms with E-state index in [0.29, 0.717) is 29.0 Å². The molecule has 1 aliphatic carbocycles. The minimum Gasteiger partial charge on any atom is -0.299 e. The first kappa shape index (κ1) is 15.5. The second-order valence-electron chi connectivity index (χ2n) is 6.50. The fourth-order valence-electron chi connectivity index (χ4n) is 3.15. The number of nitrogens with zero attached hydrogens (tertiary/aromatic N) is 3. The predicted octanol–water partition coefficient (Wildman–Crippen LogP) is 4.59. The number of piperidine rings is 1. The molecule has 0 unspecified atom stereocenters. The lowest BCUT2D eigenvalue weighted by molar-refractivity contribution is 0.202. The molecule has 0 radical (unpaired) electrons. The Hall–Kier alpha value is -1.04. The quantitative estimate of drug-likeness (QED) is 0.806. The van der Waals surface area contributed by atoms with Crippen molar-refractivity contribution in [1.82, 2.24) is 15.1 Å². The van der Waals surface area contributed by atoms with Crippen molar-refractivity contribution in [3.05, 3.63) is 44.6 Å². The summed E-state index contributed by atoms with van der Waals surface area (Å²) in [5.41, 5.74) is 0.611. The molecule has 0 bridgehead atoms. The Morgan fingerprint density at radius 1 is 1.09 bits per heavy atom. The third-order valence-electron chi connectivity index (χ3n) is 4.76. The highest BCUT2D eigenvalue weighted by Gasteiger charge is 2.30. The maximum absolute atomic E-state index is 13.9. The van der Waals surface area contributed by atoms with E-state index in [9.17, 15) is 4.39 Å². The first-order valence-corrected chi connectivity index (χ1v) is 9.38. The number of rotatable bonds is 4. The van der Waals surface area contributed by atoms with Gasteiger partial charge in [0.05, 0.1) is 0 Å². The summed E-state index contributed by atoms with van der Waals surface area (Å²) in [4.78, 5) is 2.28. The third-order valence-corrected chi connectivity index (χ3v) is 6.37. The average molecular weight is 352 g/mol. The highest BCUT2D eigenvalue weighted by Crippen LogP contribution is 2.43. The second kappa shape index (κ2) is 6.46. The maximum Gasteiger partial charge on any atom is 0.129 e. The van der Waals surface area contributed by atoms with Gasteiger partial charge in [0.1, 0.15) is 15.8 Å². The van der Waals surface area contributed by atoms with Crippen LogP contribution in [0.1, 0.15) is 53.1 Å². The van der Waals surface area contributed by atoms with E-state index in [1.807, 2.05) is 0 Å². The van der Waals surface area contributed by atoms with Gasteiger partial charge in [-0.3, -0.25) is 4.90 Å². The largest absolute Gasteiger partial charge is 0.299 e. The lowest BCUT2D eigenvalue weighted by Crippen LogP contribution is -2.32. The highest BCUT2D eigenvalue weighted by molar-refractivity contribution is 7.11. The van der Waals surface area contributed by atoms with Gasteiger partial charge in [-0.15, -0.1) is 21.5 Å². The Labute approximate surface area is 144 Å². The zero-order chi connectivity index (χ0) is 15.8. The molecular weight excluding hydrogens is 333 g/mol. The smallest absolute Gasteiger partial charge is 0.129 e. The molecule has 1 saturated heterocycles. The standard InChI is InChI=1S/C17H19ClFN3S/c18-14-2-1-3-15(19)13(14)10-22-8-6-12(7-9-22)17-21-20-16(23-17)11-4-5-11/h1-3,11-12H,4-10H2. The van der Waals surface area contributed by atoms with E-state index < -0.39 is 0 Å². The lowest BCUT2D eigenvalue weighted by Gasteiger charge is -2.31. The van der Waals surface area contributed by atoms with Gasteiger partial charge >= 0.3 is 0 Å². The zero-order valence-corrected chi connectivity index (χ0v) is 14.4. The number of hydrogen-bond donors (Lipinski definition) is 0. The summed E-state index contributed by atoms with van der Waals surface area (Å²) in [7, 11) is 0. The molecule has 1 saturated carbocycles. The molecule has 4 rings (SSSR count). The van der Waals surface area contributed by atoms with E-state index in [1.54, 1.807) is 23.5 Å². The first-order chi connectivity index (χ1) is 11.2. The molecule has 0 spiro atoms. The zero-order valence-electron chi connectivity index (χ0n) is 12.8. The summed E-state index contributed by atoms with van der Waals surface area (Å²) >= 11 is 7.93. The van der Waals surface area contributed by atoms with E-state index in [0.717, 1.165) is 25.9 Å². The van der Waals surface area contributed by atoms with Crippen molar-refractivity contribution in [3.63, 3.8) is 0 Å². The Kier molecular flexibility index (Phi) is 4.35. The summed E-state index contributed by atoms with van der Waals surface area (Å²) in [6.45, 7) is 2.49. The molecule has 0 amide bonds. The molecule has 122 valence electrons. The number of likely N-dealkylation sites (tertiary alicyclic amines) is 1. The SMILES string of the molecule is Fc1cccc(Cl)c1CN1CCC(c2nnc(C3CC3)s2)CC1. The molecule has 0 N–H and O–H groups in total. The Bertz CT molecular complexity index is 673. The van der Waals surface area contributed by atoms with Crippen LogP contribution in [-0.2, 0) is 6.54 Å². The molecule has 6 heteroatoms. The van der Waals surface area contributed by atoms with Crippen molar-refractivity contribution in [2.45, 2.75) is 44.1 Å². The van der Waals surface area contributed by atoms with Crippen LogP contribution in [0.2, 0.25) is 5.02 Å². The van der Waals surface area contributed by atoms with Gasteiger partial charge in [0.25, 0.3) is 0 Å². The number of hydrogen-bond acceptors (Lipinski definition) is 4. The van der Waals surface area contributed by atoms with E-state index in [4.69, 9.17) is 11.6 Å². The predicted molar refractivity (Wildman–Crippen MR) is 90.5 cm³/mol. The monoisotopic (exact) mass is 351 g/mol. The van der Waals surface area contributed by atoms with Crippen LogP contribution in [0.25, 0.3) is 0 Å². The van der Waals surface area contributed by atoms with Crippen LogP contribution >= 0.6 is 22.9 Å². The Balaban J connectivity index is 1.37. The van der Waals surface area contributed by atoms with Crippen LogP contribution in [0, 0.1) is 5.82 Å². The van der Waals surface area contributed by atoms with Crippen molar-refractivity contribution in [3.8, 4) is 0 Å². The van der Waals surface area contributed by atoms with E-state index in [2.05, 4.69) is 15.1 Å². The van der Waals surface area contributed by atoms with Crippen molar-refractivity contribution in [2.75, 3.05) is 13.1 Å². The average Bonchev–Trinajstić information content (AvgIpc) is 3.29. The summed E-state index contributed by atoms with van der Waals surface area (Å²) < 4.78 is 13.9. The minimum absolute atomic E-state index is 0.210. The highest BCUT2D eigenvalue weighted by atomic mass is 35.5. The van der Waals surface area contributed by atoms with Gasteiger partial charge in [0, 0.05) is 29.0 Å². The molecule has 2 aliphatic rings. The van der Waals surface area contributed by atoms with Crippen LogP contribution in [-0.4, -0.2) is 28.2 Å². The van der Waals surface area contributed by atoms with Crippen LogP contribution in [0.5, 0.6) is 0 Å². The molecule has 2 fully saturated rings. The van der Waals surface area contributed by atoms with Gasteiger partial charge in [-0.05, 0) is 50.9 Å². The van der Waals surface area contributed by atoms with Gasteiger partial charge in [0.2, 0.25) is 0 Å².